The quantitative estimate of drug-likeness (QED) is 0.908. The van der Waals surface area contributed by atoms with E-state index in [1.54, 1.807) is 6.20 Å². The first-order valence-electron chi connectivity index (χ1n) is 6.80. The highest BCUT2D eigenvalue weighted by Crippen LogP contribution is 2.31. The number of nitrogens with one attached hydrogen (secondary N) is 1. The Morgan fingerprint density at radius 3 is 2.83 bits per heavy atom. The van der Waals surface area contributed by atoms with Gasteiger partial charge in [0.2, 0.25) is 0 Å². The van der Waals surface area contributed by atoms with Crippen molar-refractivity contribution < 1.29 is 0 Å². The molecule has 0 bridgehead atoms. The van der Waals surface area contributed by atoms with Gasteiger partial charge in [0.1, 0.15) is 11.0 Å². The van der Waals surface area contributed by atoms with Crippen LogP contribution in [0.1, 0.15) is 32.1 Å². The summed E-state index contributed by atoms with van der Waals surface area (Å²) in [4.78, 5) is 10.9. The standard InChI is InChI=1S/C13H19ClN4/c14-12-7-15-8-13(17-12)18(11-4-5-11)9-10-3-1-2-6-16-10/h7-8,10-11,16H,1-6,9H2. The molecule has 4 nitrogen and oxygen atoms in total. The summed E-state index contributed by atoms with van der Waals surface area (Å²) in [6, 6.07) is 1.22. The Morgan fingerprint density at radius 2 is 2.17 bits per heavy atom. The molecule has 18 heavy (non-hydrogen) atoms. The topological polar surface area (TPSA) is 41.1 Å². The lowest BCUT2D eigenvalue weighted by Gasteiger charge is -2.31. The number of halogens is 1. The van der Waals surface area contributed by atoms with Gasteiger partial charge in [-0.05, 0) is 32.2 Å². The van der Waals surface area contributed by atoms with Gasteiger partial charge in [0.05, 0.1) is 12.4 Å². The van der Waals surface area contributed by atoms with Crippen LogP contribution in [0.3, 0.4) is 0 Å². The Kier molecular flexibility index (Phi) is 3.66. The van der Waals surface area contributed by atoms with Crippen molar-refractivity contribution in [1.29, 1.82) is 0 Å². The predicted molar refractivity (Wildman–Crippen MR) is 73.1 cm³/mol. The molecule has 98 valence electrons. The van der Waals surface area contributed by atoms with E-state index >= 15 is 0 Å². The van der Waals surface area contributed by atoms with Crippen molar-refractivity contribution in [3.8, 4) is 0 Å². The van der Waals surface area contributed by atoms with E-state index in [4.69, 9.17) is 11.6 Å². The smallest absolute Gasteiger partial charge is 0.149 e. The highest BCUT2D eigenvalue weighted by molar-refractivity contribution is 6.29. The van der Waals surface area contributed by atoms with Crippen molar-refractivity contribution >= 4 is 17.4 Å². The van der Waals surface area contributed by atoms with Crippen molar-refractivity contribution in [2.45, 2.75) is 44.2 Å². The van der Waals surface area contributed by atoms with Crippen LogP contribution in [0.15, 0.2) is 12.4 Å². The van der Waals surface area contributed by atoms with Crippen LogP contribution in [0, 0.1) is 0 Å². The lowest BCUT2D eigenvalue weighted by molar-refractivity contribution is 0.397. The molecule has 1 aromatic heterocycles. The van der Waals surface area contributed by atoms with Gasteiger partial charge in [0.15, 0.2) is 0 Å². The summed E-state index contributed by atoms with van der Waals surface area (Å²) in [7, 11) is 0. The molecule has 1 atom stereocenters. The second-order valence-corrected chi connectivity index (χ2v) is 5.62. The van der Waals surface area contributed by atoms with Gasteiger partial charge in [-0.15, -0.1) is 0 Å². The molecule has 0 radical (unpaired) electrons. The molecule has 3 rings (SSSR count). The van der Waals surface area contributed by atoms with Crippen LogP contribution in [0.2, 0.25) is 5.15 Å². The minimum absolute atomic E-state index is 0.481. The monoisotopic (exact) mass is 266 g/mol. The van der Waals surface area contributed by atoms with E-state index in [0.29, 0.717) is 17.2 Å². The third kappa shape index (κ3) is 2.93. The van der Waals surface area contributed by atoms with Crippen LogP contribution in [0.4, 0.5) is 5.82 Å². The molecule has 2 aliphatic rings. The molecule has 1 N–H and O–H groups in total. The van der Waals surface area contributed by atoms with Crippen LogP contribution < -0.4 is 10.2 Å². The fraction of sp³-hybridized carbons (Fsp3) is 0.692. The fourth-order valence-electron chi connectivity index (χ4n) is 2.60. The predicted octanol–water partition coefficient (Wildman–Crippen LogP) is 2.24. The maximum Gasteiger partial charge on any atom is 0.149 e. The van der Waals surface area contributed by atoms with Crippen molar-refractivity contribution in [3.05, 3.63) is 17.5 Å². The van der Waals surface area contributed by atoms with Crippen molar-refractivity contribution in [2.24, 2.45) is 0 Å². The molecular weight excluding hydrogens is 248 g/mol. The molecule has 0 amide bonds. The van der Waals surface area contributed by atoms with E-state index in [1.165, 1.54) is 32.1 Å². The lowest BCUT2D eigenvalue weighted by atomic mass is 10.0. The van der Waals surface area contributed by atoms with Gasteiger partial charge >= 0.3 is 0 Å². The largest absolute Gasteiger partial charge is 0.351 e. The molecule has 5 heteroatoms. The average molecular weight is 267 g/mol. The first kappa shape index (κ1) is 12.2. The van der Waals surface area contributed by atoms with Gasteiger partial charge in [-0.25, -0.2) is 4.98 Å². The molecule has 0 aromatic carbocycles. The summed E-state index contributed by atoms with van der Waals surface area (Å²) in [5.41, 5.74) is 0. The zero-order valence-corrected chi connectivity index (χ0v) is 11.2. The van der Waals surface area contributed by atoms with Gasteiger partial charge in [-0.3, -0.25) is 4.98 Å². The molecule has 1 aliphatic heterocycles. The number of hydrogen-bond acceptors (Lipinski definition) is 4. The number of rotatable bonds is 4. The third-order valence-electron chi connectivity index (χ3n) is 3.70. The van der Waals surface area contributed by atoms with Crippen LogP contribution >= 0.6 is 11.6 Å². The van der Waals surface area contributed by atoms with Crippen LogP contribution in [-0.2, 0) is 0 Å². The minimum atomic E-state index is 0.481. The summed E-state index contributed by atoms with van der Waals surface area (Å²) >= 11 is 5.94. The van der Waals surface area contributed by atoms with Gasteiger partial charge < -0.3 is 10.2 Å². The number of hydrogen-bond donors (Lipinski definition) is 1. The van der Waals surface area contributed by atoms with Gasteiger partial charge in [0.25, 0.3) is 0 Å². The molecule has 2 heterocycles. The summed E-state index contributed by atoms with van der Waals surface area (Å²) < 4.78 is 0. The molecule has 2 fully saturated rings. The molecule has 1 aliphatic carbocycles. The third-order valence-corrected chi connectivity index (χ3v) is 3.89. The Balaban J connectivity index is 1.71. The van der Waals surface area contributed by atoms with Crippen LogP contribution in [-0.4, -0.2) is 35.1 Å². The first-order chi connectivity index (χ1) is 8.83. The average Bonchev–Trinajstić information content (AvgIpc) is 3.21. The summed E-state index contributed by atoms with van der Waals surface area (Å²) in [5, 5.41) is 4.08. The van der Waals surface area contributed by atoms with E-state index in [1.807, 2.05) is 6.20 Å². The van der Waals surface area contributed by atoms with E-state index < -0.39 is 0 Å². The first-order valence-corrected chi connectivity index (χ1v) is 7.18. The van der Waals surface area contributed by atoms with Crippen molar-refractivity contribution in [3.63, 3.8) is 0 Å². The Morgan fingerprint density at radius 1 is 1.28 bits per heavy atom. The molecule has 1 aromatic rings. The Bertz CT molecular complexity index is 402. The zero-order valence-electron chi connectivity index (χ0n) is 10.5. The van der Waals surface area contributed by atoms with Gasteiger partial charge in [-0.1, -0.05) is 18.0 Å². The SMILES string of the molecule is Clc1cncc(N(CC2CCCCN2)C2CC2)n1. The summed E-state index contributed by atoms with van der Waals surface area (Å²) in [5.74, 6) is 0.928. The molecule has 1 saturated carbocycles. The maximum atomic E-state index is 5.94. The lowest BCUT2D eigenvalue weighted by Crippen LogP contribution is -2.44. The number of anilines is 1. The number of aromatic nitrogens is 2. The van der Waals surface area contributed by atoms with Crippen molar-refractivity contribution in [2.75, 3.05) is 18.0 Å². The normalized spacial score (nSPS) is 23.9. The molecular formula is C13H19ClN4. The van der Waals surface area contributed by atoms with Crippen molar-refractivity contribution in [1.82, 2.24) is 15.3 Å². The van der Waals surface area contributed by atoms with E-state index in [9.17, 15) is 0 Å². The fourth-order valence-corrected chi connectivity index (χ4v) is 2.75. The highest BCUT2D eigenvalue weighted by Gasteiger charge is 2.32. The molecule has 1 saturated heterocycles. The van der Waals surface area contributed by atoms with E-state index in [0.717, 1.165) is 18.9 Å². The highest BCUT2D eigenvalue weighted by atomic mass is 35.5. The second-order valence-electron chi connectivity index (χ2n) is 5.23. The Hall–Kier alpha value is -0.870. The number of piperidine rings is 1. The molecule has 1 unspecified atom stereocenters. The van der Waals surface area contributed by atoms with Gasteiger partial charge in [0, 0.05) is 18.6 Å². The minimum Gasteiger partial charge on any atom is -0.351 e. The second kappa shape index (κ2) is 5.41. The van der Waals surface area contributed by atoms with Crippen LogP contribution in [0.5, 0.6) is 0 Å². The van der Waals surface area contributed by atoms with Crippen LogP contribution in [0.25, 0.3) is 0 Å². The number of nitrogens with zero attached hydrogens (tertiary/aromatic N) is 3. The zero-order chi connectivity index (χ0) is 12.4. The van der Waals surface area contributed by atoms with Gasteiger partial charge in [-0.2, -0.15) is 0 Å². The maximum absolute atomic E-state index is 5.94. The van der Waals surface area contributed by atoms with E-state index in [-0.39, 0.29) is 0 Å². The Labute approximate surface area is 113 Å². The van der Waals surface area contributed by atoms with E-state index in [2.05, 4.69) is 20.2 Å². The summed E-state index contributed by atoms with van der Waals surface area (Å²) in [6.07, 6.45) is 9.84. The molecule has 0 spiro atoms. The summed E-state index contributed by atoms with van der Waals surface area (Å²) in [6.45, 7) is 2.17.